The molecule has 0 aromatic heterocycles. The maximum absolute atomic E-state index is 12.9. The summed E-state index contributed by atoms with van der Waals surface area (Å²) in [5.74, 6) is 0.539. The fourth-order valence-electron chi connectivity index (χ4n) is 3.85. The Bertz CT molecular complexity index is 535. The van der Waals surface area contributed by atoms with Crippen LogP contribution in [0.3, 0.4) is 0 Å². The van der Waals surface area contributed by atoms with Crippen molar-refractivity contribution in [2.75, 3.05) is 13.2 Å². The molecule has 1 aliphatic carbocycles. The summed E-state index contributed by atoms with van der Waals surface area (Å²) in [6.45, 7) is 5.39. The zero-order chi connectivity index (χ0) is 20.4. The van der Waals surface area contributed by atoms with E-state index in [1.165, 1.54) is 12.8 Å². The molecule has 0 aromatic carbocycles. The predicted molar refractivity (Wildman–Crippen MR) is 96.9 cm³/mol. The van der Waals surface area contributed by atoms with E-state index in [4.69, 9.17) is 9.47 Å². The molecule has 2 aliphatic heterocycles. The van der Waals surface area contributed by atoms with Crippen LogP contribution in [0.5, 0.6) is 0 Å². The summed E-state index contributed by atoms with van der Waals surface area (Å²) < 4.78 is 11.2. The normalized spacial score (nSPS) is 40.3. The van der Waals surface area contributed by atoms with Gasteiger partial charge in [-0.15, -0.1) is 0 Å². The molecule has 161 valence electrons. The van der Waals surface area contributed by atoms with E-state index in [1.807, 2.05) is 13.8 Å². The molecule has 3 rings (SSSR count). The van der Waals surface area contributed by atoms with Crippen LogP contribution in [0.4, 0.5) is 0 Å². The number of piperidine rings is 1. The molecule has 0 spiro atoms. The number of carbonyl (C=O) groups excluding carboxylic acids is 1. The molecule has 1 amide bonds. The van der Waals surface area contributed by atoms with E-state index >= 15 is 0 Å². The van der Waals surface area contributed by atoms with E-state index in [2.05, 4.69) is 10.6 Å². The number of ether oxygens (including phenoxy) is 2. The summed E-state index contributed by atoms with van der Waals surface area (Å²) in [4.78, 5) is 12.9. The number of rotatable bonds is 7. The van der Waals surface area contributed by atoms with Crippen molar-refractivity contribution in [3.05, 3.63) is 0 Å². The fraction of sp³-hybridized carbons (Fsp3) is 0.947. The third-order valence-electron chi connectivity index (χ3n) is 5.92. The van der Waals surface area contributed by atoms with Crippen LogP contribution in [0.25, 0.3) is 0 Å². The number of hydrogen-bond acceptors (Lipinski definition) is 7. The van der Waals surface area contributed by atoms with Gasteiger partial charge in [0.05, 0.1) is 0 Å². The van der Waals surface area contributed by atoms with E-state index in [0.29, 0.717) is 12.3 Å². The molecule has 5 N–H and O–H groups in total. The fourth-order valence-corrected chi connectivity index (χ4v) is 4.78. The van der Waals surface area contributed by atoms with Crippen LogP contribution in [-0.4, -0.2) is 78.8 Å². The Balaban J connectivity index is 1.59. The molecule has 0 bridgehead atoms. The average Bonchev–Trinajstić information content (AvgIpc) is 3.50. The second-order valence-electron chi connectivity index (χ2n) is 8.65. The molecule has 0 radical (unpaired) electrons. The van der Waals surface area contributed by atoms with E-state index in [9.17, 15) is 20.1 Å². The van der Waals surface area contributed by atoms with E-state index < -0.39 is 32.3 Å². The Hall–Kier alpha value is 0.568. The van der Waals surface area contributed by atoms with Gasteiger partial charge >= 0.3 is 181 Å². The van der Waals surface area contributed by atoms with Gasteiger partial charge < -0.3 is 0 Å². The first-order valence-electron chi connectivity index (χ1n) is 10.3. The van der Waals surface area contributed by atoms with Crippen molar-refractivity contribution in [1.29, 1.82) is 0 Å². The van der Waals surface area contributed by atoms with E-state index in [-0.39, 0.29) is 24.0 Å². The Kier molecular flexibility index (Phi) is 8.51. The molecular formula is C19H33N2O6Sm. The summed E-state index contributed by atoms with van der Waals surface area (Å²) in [6, 6.07) is -0.820. The number of amides is 1. The van der Waals surface area contributed by atoms with E-state index in [1.54, 1.807) is 0 Å². The molecule has 2 heterocycles. The van der Waals surface area contributed by atoms with Crippen LogP contribution in [0.15, 0.2) is 0 Å². The average molecular weight is 536 g/mol. The summed E-state index contributed by atoms with van der Waals surface area (Å²) in [5.41, 5.74) is 0. The monoisotopic (exact) mass is 537 g/mol. The molecule has 0 aromatic rings. The van der Waals surface area contributed by atoms with Crippen LogP contribution in [-0.2, 0) is 14.3 Å². The Labute approximate surface area is 192 Å². The third-order valence-corrected chi connectivity index (χ3v) is 7.18. The molecule has 8 nitrogen and oxygen atoms in total. The van der Waals surface area contributed by atoms with Crippen molar-refractivity contribution < 1.29 is 67.9 Å². The quantitative estimate of drug-likeness (QED) is 0.285. The predicted octanol–water partition coefficient (Wildman–Crippen LogP) is -0.969. The van der Waals surface area contributed by atoms with Gasteiger partial charge in [-0.3, -0.25) is 0 Å². The standard InChI is InChI=1S/C19H33N2O6.Sm/c1-10(2)15(18-17(24)16(23)14(22)9-27-18)21-19(25)13-7-12(5-6-20-13)26-8-11-3-4-11;/h9-18,20,22-24H,3-8H2,1-2H3,(H,21,25);/t12?,13-,14-,15+,16+,17+,18+;/m0./s1. The van der Waals surface area contributed by atoms with Crippen LogP contribution < -0.4 is 10.6 Å². The molecule has 9 heteroatoms. The first-order valence-corrected chi connectivity index (χ1v) is 11.8. The molecule has 2 saturated heterocycles. The number of hydrogen-bond donors (Lipinski definition) is 5. The van der Waals surface area contributed by atoms with Gasteiger partial charge in [0.25, 0.3) is 0 Å². The van der Waals surface area contributed by atoms with E-state index in [0.717, 1.165) is 57.9 Å². The van der Waals surface area contributed by atoms with Gasteiger partial charge in [0.2, 0.25) is 0 Å². The maximum atomic E-state index is 12.9. The van der Waals surface area contributed by atoms with Crippen LogP contribution in [0.2, 0.25) is 0 Å². The van der Waals surface area contributed by atoms with Gasteiger partial charge in [0, 0.05) is 0 Å². The number of aliphatic hydroxyl groups is 3. The SMILES string of the molecule is CC(C)[C@@H](NC(=O)[C@@H]1CC(OCC2CC2)CCN1)[C@H]1O[C@H]([Sm])[C@H](O)[C@@H](O)[C@H]1O. The molecule has 3 fully saturated rings. The van der Waals surface area contributed by atoms with Crippen molar-refractivity contribution in [3.8, 4) is 0 Å². The van der Waals surface area contributed by atoms with Crippen molar-refractivity contribution in [2.45, 2.75) is 84.0 Å². The van der Waals surface area contributed by atoms with Gasteiger partial charge in [0.15, 0.2) is 0 Å². The van der Waals surface area contributed by atoms with Gasteiger partial charge in [-0.25, -0.2) is 0 Å². The third kappa shape index (κ3) is 5.83. The zero-order valence-electron chi connectivity index (χ0n) is 16.5. The summed E-state index contributed by atoms with van der Waals surface area (Å²) in [7, 11) is 0. The van der Waals surface area contributed by atoms with Crippen molar-refractivity contribution in [3.63, 3.8) is 0 Å². The number of aliphatic hydroxyl groups excluding tert-OH is 3. The van der Waals surface area contributed by atoms with Crippen LogP contribution >= 0.6 is 0 Å². The second-order valence-corrected chi connectivity index (χ2v) is 10.1. The Morgan fingerprint density at radius 2 is 1.93 bits per heavy atom. The summed E-state index contributed by atoms with van der Waals surface area (Å²) >= 11 is 0.969. The van der Waals surface area contributed by atoms with Gasteiger partial charge in [0.1, 0.15) is 0 Å². The number of carbonyl (C=O) groups is 1. The Morgan fingerprint density at radius 1 is 1.21 bits per heavy atom. The van der Waals surface area contributed by atoms with Crippen molar-refractivity contribution in [2.24, 2.45) is 11.8 Å². The van der Waals surface area contributed by atoms with Crippen LogP contribution in [0.1, 0.15) is 39.5 Å². The van der Waals surface area contributed by atoms with Gasteiger partial charge in [-0.1, -0.05) is 0 Å². The molecule has 3 aliphatic rings. The van der Waals surface area contributed by atoms with Gasteiger partial charge in [-0.2, -0.15) is 0 Å². The first-order chi connectivity index (χ1) is 13.3. The second kappa shape index (κ2) is 10.3. The molecule has 1 saturated carbocycles. The van der Waals surface area contributed by atoms with Gasteiger partial charge in [-0.05, 0) is 12.8 Å². The molecule has 28 heavy (non-hydrogen) atoms. The molecule has 1 unspecified atom stereocenters. The van der Waals surface area contributed by atoms with Crippen molar-refractivity contribution in [1.82, 2.24) is 10.6 Å². The Morgan fingerprint density at radius 3 is 2.57 bits per heavy atom. The number of nitrogens with one attached hydrogen (secondary N) is 2. The topological polar surface area (TPSA) is 120 Å². The summed E-state index contributed by atoms with van der Waals surface area (Å²) in [6.07, 6.45) is -0.320. The summed E-state index contributed by atoms with van der Waals surface area (Å²) in [5, 5.41) is 36.8. The first kappa shape index (κ1) is 23.2. The van der Waals surface area contributed by atoms with Crippen LogP contribution in [0, 0.1) is 50.2 Å². The van der Waals surface area contributed by atoms with Crippen molar-refractivity contribution >= 4 is 5.91 Å². The molecule has 8 atom stereocenters. The molecular weight excluding hydrogens is 503 g/mol. The minimum atomic E-state index is -1.28. The zero-order valence-corrected chi connectivity index (χ0v) is 19.1. The minimum absolute atomic E-state index is 0.0150.